The lowest BCUT2D eigenvalue weighted by Crippen LogP contribution is -2.31. The highest BCUT2D eigenvalue weighted by molar-refractivity contribution is 5.68. The van der Waals surface area contributed by atoms with E-state index in [1.165, 1.54) is 11.1 Å². The van der Waals surface area contributed by atoms with Crippen molar-refractivity contribution in [3.05, 3.63) is 60.0 Å². The highest BCUT2D eigenvalue weighted by atomic mass is 15.3. The molecule has 0 amide bonds. The van der Waals surface area contributed by atoms with Gasteiger partial charge in [0.15, 0.2) is 5.82 Å². The van der Waals surface area contributed by atoms with Gasteiger partial charge in [-0.25, -0.2) is 9.50 Å². The van der Waals surface area contributed by atoms with Gasteiger partial charge in [0.1, 0.15) is 5.52 Å². The lowest BCUT2D eigenvalue weighted by Gasteiger charge is -2.30. The van der Waals surface area contributed by atoms with Gasteiger partial charge >= 0.3 is 0 Å². The van der Waals surface area contributed by atoms with Gasteiger partial charge in [-0.2, -0.15) is 5.10 Å². The number of anilines is 1. The first kappa shape index (κ1) is 10.6. The molecule has 2 aromatic heterocycles. The second-order valence-corrected chi connectivity index (χ2v) is 4.85. The Morgan fingerprint density at radius 1 is 1.00 bits per heavy atom. The van der Waals surface area contributed by atoms with Crippen molar-refractivity contribution < 1.29 is 0 Å². The summed E-state index contributed by atoms with van der Waals surface area (Å²) in [6.07, 6.45) is 6.60. The minimum atomic E-state index is 0.925. The second kappa shape index (κ2) is 4.09. The zero-order valence-corrected chi connectivity index (χ0v) is 10.5. The Bertz CT molecular complexity index is 732. The van der Waals surface area contributed by atoms with Crippen molar-refractivity contribution in [1.82, 2.24) is 14.6 Å². The van der Waals surface area contributed by atoms with Gasteiger partial charge < -0.3 is 4.90 Å². The molecule has 0 spiro atoms. The van der Waals surface area contributed by atoms with Crippen LogP contribution in [-0.4, -0.2) is 21.1 Å². The van der Waals surface area contributed by atoms with E-state index in [0.717, 1.165) is 30.8 Å². The molecule has 1 aliphatic heterocycles. The molecule has 0 N–H and O–H groups in total. The number of nitrogens with zero attached hydrogens (tertiary/aromatic N) is 4. The number of hydrogen-bond acceptors (Lipinski definition) is 3. The lowest BCUT2D eigenvalue weighted by atomic mass is 10.00. The molecule has 3 aromatic rings. The Morgan fingerprint density at radius 3 is 2.84 bits per heavy atom. The predicted octanol–water partition coefficient (Wildman–Crippen LogP) is 2.29. The first-order chi connectivity index (χ1) is 9.42. The minimum absolute atomic E-state index is 0.925. The SMILES string of the molecule is c1ccc2c(c1)CCN(c1nccn3nccc13)C2. The summed E-state index contributed by atoms with van der Waals surface area (Å²) in [6.45, 7) is 1.93. The van der Waals surface area contributed by atoms with E-state index >= 15 is 0 Å². The zero-order chi connectivity index (χ0) is 12.7. The molecule has 0 unspecified atom stereocenters. The van der Waals surface area contributed by atoms with E-state index in [4.69, 9.17) is 0 Å². The minimum Gasteiger partial charge on any atom is -0.350 e. The quantitative estimate of drug-likeness (QED) is 0.664. The average Bonchev–Trinajstić information content (AvgIpc) is 2.95. The fraction of sp³-hybridized carbons (Fsp3) is 0.200. The molecule has 0 saturated heterocycles. The van der Waals surface area contributed by atoms with Crippen molar-refractivity contribution in [2.75, 3.05) is 11.4 Å². The summed E-state index contributed by atoms with van der Waals surface area (Å²) in [7, 11) is 0. The third kappa shape index (κ3) is 1.68. The summed E-state index contributed by atoms with van der Waals surface area (Å²) < 4.78 is 1.88. The van der Waals surface area contributed by atoms with Crippen LogP contribution in [0, 0.1) is 0 Å². The standard InChI is InChI=1S/C15H14N4/c1-2-4-13-11-18(9-6-12(13)3-1)15-14-5-7-17-19(14)10-8-16-15/h1-5,7-8,10H,6,9,11H2. The fourth-order valence-corrected chi connectivity index (χ4v) is 2.76. The van der Waals surface area contributed by atoms with Crippen molar-refractivity contribution in [1.29, 1.82) is 0 Å². The second-order valence-electron chi connectivity index (χ2n) is 4.85. The van der Waals surface area contributed by atoms with Crippen LogP contribution in [0.15, 0.2) is 48.9 Å². The summed E-state index contributed by atoms with van der Waals surface area (Å²) >= 11 is 0. The van der Waals surface area contributed by atoms with E-state index in [0.29, 0.717) is 0 Å². The van der Waals surface area contributed by atoms with Crippen LogP contribution in [0.1, 0.15) is 11.1 Å². The van der Waals surface area contributed by atoms with Gasteiger partial charge in [0.05, 0.1) is 6.20 Å². The molecule has 0 radical (unpaired) electrons. The number of benzene rings is 1. The summed E-state index contributed by atoms with van der Waals surface area (Å²) in [5.74, 6) is 1.02. The molecular weight excluding hydrogens is 236 g/mol. The third-order valence-corrected chi connectivity index (χ3v) is 3.73. The van der Waals surface area contributed by atoms with E-state index < -0.39 is 0 Å². The molecule has 0 aliphatic carbocycles. The van der Waals surface area contributed by atoms with E-state index in [2.05, 4.69) is 39.2 Å². The van der Waals surface area contributed by atoms with E-state index in [1.807, 2.05) is 29.2 Å². The average molecular weight is 250 g/mol. The molecule has 0 fully saturated rings. The van der Waals surface area contributed by atoms with Crippen LogP contribution in [-0.2, 0) is 13.0 Å². The smallest absolute Gasteiger partial charge is 0.154 e. The van der Waals surface area contributed by atoms with Crippen molar-refractivity contribution >= 4 is 11.3 Å². The third-order valence-electron chi connectivity index (χ3n) is 3.73. The van der Waals surface area contributed by atoms with Gasteiger partial charge in [0, 0.05) is 25.5 Å². The molecule has 4 rings (SSSR count). The molecule has 94 valence electrons. The normalized spacial score (nSPS) is 14.6. The van der Waals surface area contributed by atoms with Crippen LogP contribution >= 0.6 is 0 Å². The Labute approximate surface area is 111 Å². The monoisotopic (exact) mass is 250 g/mol. The number of aromatic nitrogens is 3. The molecule has 3 heterocycles. The van der Waals surface area contributed by atoms with Crippen LogP contribution in [0.2, 0.25) is 0 Å². The largest absolute Gasteiger partial charge is 0.350 e. The predicted molar refractivity (Wildman–Crippen MR) is 74.2 cm³/mol. The topological polar surface area (TPSA) is 33.4 Å². The zero-order valence-electron chi connectivity index (χ0n) is 10.5. The van der Waals surface area contributed by atoms with Crippen LogP contribution in [0.5, 0.6) is 0 Å². The molecule has 1 aromatic carbocycles. The van der Waals surface area contributed by atoms with Gasteiger partial charge in [0.2, 0.25) is 0 Å². The molecule has 4 heteroatoms. The number of fused-ring (bicyclic) bond motifs is 2. The Hall–Kier alpha value is -2.36. The van der Waals surface area contributed by atoms with E-state index in [9.17, 15) is 0 Å². The number of hydrogen-bond donors (Lipinski definition) is 0. The highest BCUT2D eigenvalue weighted by Gasteiger charge is 2.18. The van der Waals surface area contributed by atoms with Gasteiger partial charge in [-0.15, -0.1) is 0 Å². The molecule has 4 nitrogen and oxygen atoms in total. The van der Waals surface area contributed by atoms with Crippen LogP contribution in [0.3, 0.4) is 0 Å². The summed E-state index contributed by atoms with van der Waals surface area (Å²) in [6, 6.07) is 10.7. The summed E-state index contributed by atoms with van der Waals surface area (Å²) in [5.41, 5.74) is 3.93. The van der Waals surface area contributed by atoms with Crippen LogP contribution in [0.4, 0.5) is 5.82 Å². The van der Waals surface area contributed by atoms with Gasteiger partial charge in [-0.1, -0.05) is 24.3 Å². The maximum atomic E-state index is 4.54. The van der Waals surface area contributed by atoms with E-state index in [1.54, 1.807) is 0 Å². The molecule has 0 bridgehead atoms. The van der Waals surface area contributed by atoms with Crippen LogP contribution in [0.25, 0.3) is 5.52 Å². The van der Waals surface area contributed by atoms with E-state index in [-0.39, 0.29) is 0 Å². The fourth-order valence-electron chi connectivity index (χ4n) is 2.76. The summed E-state index contributed by atoms with van der Waals surface area (Å²) in [5, 5.41) is 4.27. The Balaban J connectivity index is 1.77. The van der Waals surface area contributed by atoms with Crippen molar-refractivity contribution in [3.63, 3.8) is 0 Å². The first-order valence-corrected chi connectivity index (χ1v) is 6.52. The number of rotatable bonds is 1. The van der Waals surface area contributed by atoms with Crippen molar-refractivity contribution in [2.24, 2.45) is 0 Å². The Morgan fingerprint density at radius 2 is 1.89 bits per heavy atom. The molecule has 0 saturated carbocycles. The Kier molecular flexibility index (Phi) is 2.27. The molecule has 1 aliphatic rings. The van der Waals surface area contributed by atoms with Crippen molar-refractivity contribution in [3.8, 4) is 0 Å². The van der Waals surface area contributed by atoms with Gasteiger partial charge in [0.25, 0.3) is 0 Å². The summed E-state index contributed by atoms with van der Waals surface area (Å²) in [4.78, 5) is 6.87. The van der Waals surface area contributed by atoms with Crippen molar-refractivity contribution in [2.45, 2.75) is 13.0 Å². The lowest BCUT2D eigenvalue weighted by molar-refractivity contribution is 0.720. The maximum absolute atomic E-state index is 4.54. The molecular formula is C15H14N4. The van der Waals surface area contributed by atoms with Crippen LogP contribution < -0.4 is 4.90 Å². The molecule has 19 heavy (non-hydrogen) atoms. The van der Waals surface area contributed by atoms with Gasteiger partial charge in [-0.3, -0.25) is 0 Å². The highest BCUT2D eigenvalue weighted by Crippen LogP contribution is 2.25. The molecule has 0 atom stereocenters. The van der Waals surface area contributed by atoms with Gasteiger partial charge in [-0.05, 0) is 23.6 Å². The first-order valence-electron chi connectivity index (χ1n) is 6.52. The maximum Gasteiger partial charge on any atom is 0.154 e.